The van der Waals surface area contributed by atoms with Gasteiger partial charge in [-0.15, -0.1) is 0 Å². The number of sulfonamides is 1. The van der Waals surface area contributed by atoms with Gasteiger partial charge in [-0.1, -0.05) is 0 Å². The van der Waals surface area contributed by atoms with Crippen LogP contribution in [-0.4, -0.2) is 26.6 Å². The third-order valence-electron chi connectivity index (χ3n) is 1.64. The summed E-state index contributed by atoms with van der Waals surface area (Å²) in [5.74, 6) is 0.313. The van der Waals surface area contributed by atoms with Crippen LogP contribution in [0.15, 0.2) is 23.4 Å². The maximum absolute atomic E-state index is 11.4. The summed E-state index contributed by atoms with van der Waals surface area (Å²) in [5, 5.41) is -0.0347. The second kappa shape index (κ2) is 2.97. The van der Waals surface area contributed by atoms with Gasteiger partial charge < -0.3 is 4.74 Å². The van der Waals surface area contributed by atoms with Crippen LogP contribution in [0.25, 0.3) is 0 Å². The highest BCUT2D eigenvalue weighted by atomic mass is 32.2. The fraction of sp³-hybridized carbons (Fsp3) is 0.286. The molecular weight excluding hydrogens is 192 g/mol. The number of hydrogen-bond donors (Lipinski definition) is 1. The molecule has 70 valence electrons. The lowest BCUT2D eigenvalue weighted by Gasteiger charge is -2.02. The van der Waals surface area contributed by atoms with Gasteiger partial charge >= 0.3 is 0 Å². The summed E-state index contributed by atoms with van der Waals surface area (Å²) in [6, 6.07) is 3.23. The molecule has 0 unspecified atom stereocenters. The summed E-state index contributed by atoms with van der Waals surface area (Å²) in [6.45, 7) is 0.608. The smallest absolute Gasteiger partial charge is 0.261 e. The van der Waals surface area contributed by atoms with Crippen LogP contribution >= 0.6 is 0 Å². The van der Waals surface area contributed by atoms with E-state index in [0.29, 0.717) is 12.4 Å². The van der Waals surface area contributed by atoms with Gasteiger partial charge in [-0.3, -0.25) is 0 Å². The largest absolute Gasteiger partial charge is 0.489 e. The van der Waals surface area contributed by atoms with Crippen molar-refractivity contribution >= 4 is 10.0 Å². The monoisotopic (exact) mass is 200 g/mol. The van der Waals surface area contributed by atoms with Crippen LogP contribution in [0.2, 0.25) is 0 Å². The van der Waals surface area contributed by atoms with Gasteiger partial charge in [-0.25, -0.2) is 18.1 Å². The molecule has 6 heteroatoms. The Bertz CT molecular complexity index is 416. The van der Waals surface area contributed by atoms with E-state index in [0.717, 1.165) is 0 Å². The lowest BCUT2D eigenvalue weighted by atomic mass is 10.5. The fourth-order valence-corrected chi connectivity index (χ4v) is 2.17. The highest BCUT2D eigenvalue weighted by molar-refractivity contribution is 7.89. The van der Waals surface area contributed by atoms with Crippen molar-refractivity contribution in [3.05, 3.63) is 18.3 Å². The molecule has 2 heterocycles. The zero-order valence-corrected chi connectivity index (χ0v) is 7.54. The Morgan fingerprint density at radius 2 is 2.38 bits per heavy atom. The Balaban J connectivity index is 2.62. The standard InChI is InChI=1S/C7H8N2O3S/c10-13(11)7-6(2-1-3-8-7)12-5-4-9-13/h1-3,9H,4-5H2. The molecule has 0 aromatic carbocycles. The molecule has 0 radical (unpaired) electrons. The Hall–Kier alpha value is -1.14. The molecule has 0 amide bonds. The summed E-state index contributed by atoms with van der Waals surface area (Å²) in [4.78, 5) is 3.76. The minimum Gasteiger partial charge on any atom is -0.489 e. The lowest BCUT2D eigenvalue weighted by molar-refractivity contribution is 0.319. The molecule has 13 heavy (non-hydrogen) atoms. The molecule has 0 aliphatic carbocycles. The number of aromatic nitrogens is 1. The molecule has 5 nitrogen and oxygen atoms in total. The maximum Gasteiger partial charge on any atom is 0.261 e. The Kier molecular flexibility index (Phi) is 1.93. The van der Waals surface area contributed by atoms with E-state index >= 15 is 0 Å². The molecule has 0 bridgehead atoms. The van der Waals surface area contributed by atoms with Crippen molar-refractivity contribution < 1.29 is 13.2 Å². The quantitative estimate of drug-likeness (QED) is 0.627. The van der Waals surface area contributed by atoms with E-state index in [1.165, 1.54) is 6.20 Å². The molecule has 0 saturated carbocycles. The zero-order valence-electron chi connectivity index (χ0n) is 6.73. The third-order valence-corrected chi connectivity index (χ3v) is 3.04. The van der Waals surface area contributed by atoms with Gasteiger partial charge in [0.2, 0.25) is 5.03 Å². The van der Waals surface area contributed by atoms with E-state index in [4.69, 9.17) is 4.74 Å². The summed E-state index contributed by atoms with van der Waals surface area (Å²) in [5.41, 5.74) is 0. The number of pyridine rings is 1. The number of nitrogens with one attached hydrogen (secondary N) is 1. The Morgan fingerprint density at radius 3 is 3.23 bits per heavy atom. The maximum atomic E-state index is 11.4. The zero-order chi connectivity index (χ0) is 9.31. The first-order valence-electron chi connectivity index (χ1n) is 3.78. The van der Waals surface area contributed by atoms with Crippen molar-refractivity contribution in [2.75, 3.05) is 13.2 Å². The fourth-order valence-electron chi connectivity index (χ4n) is 1.09. The first-order valence-corrected chi connectivity index (χ1v) is 5.26. The number of nitrogens with zero attached hydrogens (tertiary/aromatic N) is 1. The SMILES string of the molecule is O=S1(=O)NCCOc2cccnc21. The lowest BCUT2D eigenvalue weighted by Crippen LogP contribution is -2.25. The number of fused-ring (bicyclic) bond motifs is 1. The van der Waals surface area contributed by atoms with E-state index in [-0.39, 0.29) is 11.6 Å². The highest BCUT2D eigenvalue weighted by Crippen LogP contribution is 2.21. The molecule has 0 atom stereocenters. The van der Waals surface area contributed by atoms with Crippen molar-refractivity contribution in [2.24, 2.45) is 0 Å². The van der Waals surface area contributed by atoms with Gasteiger partial charge in [-0.2, -0.15) is 0 Å². The van der Waals surface area contributed by atoms with Crippen LogP contribution in [0, 0.1) is 0 Å². The molecule has 1 aromatic rings. The van der Waals surface area contributed by atoms with Crippen molar-refractivity contribution in [3.63, 3.8) is 0 Å². The van der Waals surface area contributed by atoms with Gasteiger partial charge in [0.05, 0.1) is 0 Å². The van der Waals surface area contributed by atoms with Crippen LogP contribution in [0.1, 0.15) is 0 Å². The predicted molar refractivity (Wildman–Crippen MR) is 44.9 cm³/mol. The van der Waals surface area contributed by atoms with Gasteiger partial charge in [-0.05, 0) is 12.1 Å². The average Bonchev–Trinajstić information content (AvgIpc) is 2.26. The van der Waals surface area contributed by atoms with Crippen LogP contribution in [0.3, 0.4) is 0 Å². The van der Waals surface area contributed by atoms with Crippen molar-refractivity contribution in [3.8, 4) is 5.75 Å². The second-order valence-corrected chi connectivity index (χ2v) is 4.24. The van der Waals surface area contributed by atoms with Crippen LogP contribution in [-0.2, 0) is 10.0 Å². The van der Waals surface area contributed by atoms with Gasteiger partial charge in [0.25, 0.3) is 10.0 Å². The molecule has 0 saturated heterocycles. The molecule has 1 aromatic heterocycles. The summed E-state index contributed by atoms with van der Waals surface area (Å²) >= 11 is 0. The van der Waals surface area contributed by atoms with Crippen LogP contribution in [0.4, 0.5) is 0 Å². The van der Waals surface area contributed by atoms with Crippen LogP contribution < -0.4 is 9.46 Å². The molecule has 0 fully saturated rings. The van der Waals surface area contributed by atoms with E-state index in [1.807, 2.05) is 0 Å². The topological polar surface area (TPSA) is 68.3 Å². The van der Waals surface area contributed by atoms with Crippen molar-refractivity contribution in [1.82, 2.24) is 9.71 Å². The third kappa shape index (κ3) is 1.50. The molecule has 2 rings (SSSR count). The second-order valence-electron chi connectivity index (χ2n) is 2.55. The molecule has 1 aliphatic heterocycles. The van der Waals surface area contributed by atoms with E-state index in [1.54, 1.807) is 12.1 Å². The summed E-state index contributed by atoms with van der Waals surface area (Å²) < 4.78 is 30.4. The van der Waals surface area contributed by atoms with Crippen molar-refractivity contribution in [2.45, 2.75) is 5.03 Å². The van der Waals surface area contributed by atoms with Gasteiger partial charge in [0.1, 0.15) is 6.61 Å². The molecule has 1 aliphatic rings. The summed E-state index contributed by atoms with van der Waals surface area (Å²) in [7, 11) is -3.46. The minimum atomic E-state index is -3.46. The average molecular weight is 200 g/mol. The summed E-state index contributed by atoms with van der Waals surface area (Å²) in [6.07, 6.45) is 1.42. The van der Waals surface area contributed by atoms with Gasteiger partial charge in [0, 0.05) is 12.7 Å². The van der Waals surface area contributed by atoms with Crippen molar-refractivity contribution in [1.29, 1.82) is 0 Å². The molecule has 1 N–H and O–H groups in total. The first kappa shape index (κ1) is 8.46. The first-order chi connectivity index (χ1) is 6.20. The number of ether oxygens (including phenoxy) is 1. The Morgan fingerprint density at radius 1 is 1.54 bits per heavy atom. The number of hydrogen-bond acceptors (Lipinski definition) is 4. The van der Waals surface area contributed by atoms with Crippen LogP contribution in [0.5, 0.6) is 5.75 Å². The van der Waals surface area contributed by atoms with E-state index in [9.17, 15) is 8.42 Å². The normalized spacial score (nSPS) is 19.7. The highest BCUT2D eigenvalue weighted by Gasteiger charge is 2.23. The predicted octanol–water partition coefficient (Wildman–Crippen LogP) is -0.248. The minimum absolute atomic E-state index is 0.0347. The van der Waals surface area contributed by atoms with E-state index < -0.39 is 10.0 Å². The van der Waals surface area contributed by atoms with E-state index in [2.05, 4.69) is 9.71 Å². The Labute approximate surface area is 75.8 Å². The number of rotatable bonds is 0. The molecule has 0 spiro atoms. The molecular formula is C7H8N2O3S. The van der Waals surface area contributed by atoms with Gasteiger partial charge in [0.15, 0.2) is 5.75 Å².